The van der Waals surface area contributed by atoms with E-state index in [-0.39, 0.29) is 12.0 Å². The van der Waals surface area contributed by atoms with Gasteiger partial charge in [-0.05, 0) is 6.07 Å². The zero-order valence-corrected chi connectivity index (χ0v) is 12.5. The van der Waals surface area contributed by atoms with Crippen molar-refractivity contribution in [1.29, 1.82) is 0 Å². The van der Waals surface area contributed by atoms with Gasteiger partial charge in [0.2, 0.25) is 0 Å². The fraction of sp³-hybridized carbons (Fsp3) is 0.200. The summed E-state index contributed by atoms with van der Waals surface area (Å²) in [5, 5.41) is 18.6. The third-order valence-corrected chi connectivity index (χ3v) is 4.01. The van der Waals surface area contributed by atoms with Crippen LogP contribution in [-0.2, 0) is 5.75 Å². The second-order valence-corrected chi connectivity index (χ2v) is 5.45. The van der Waals surface area contributed by atoms with Crippen LogP contribution in [-0.4, -0.2) is 24.2 Å². The molecule has 0 bridgehead atoms. The van der Waals surface area contributed by atoms with Crippen molar-refractivity contribution >= 4 is 17.7 Å². The van der Waals surface area contributed by atoms with E-state index in [0.29, 0.717) is 23.6 Å². The average Bonchev–Trinajstić information content (AvgIpc) is 2.54. The first-order chi connectivity index (χ1) is 10.6. The van der Waals surface area contributed by atoms with Crippen LogP contribution >= 0.6 is 11.8 Å². The number of thioether (sulfide) groups is 1. The van der Waals surface area contributed by atoms with E-state index in [1.165, 1.54) is 11.8 Å². The van der Waals surface area contributed by atoms with E-state index in [2.05, 4.69) is 5.73 Å². The van der Waals surface area contributed by atoms with Gasteiger partial charge in [-0.1, -0.05) is 18.2 Å². The van der Waals surface area contributed by atoms with E-state index in [0.717, 1.165) is 16.5 Å². The van der Waals surface area contributed by atoms with Crippen LogP contribution in [0.3, 0.4) is 0 Å². The van der Waals surface area contributed by atoms with Crippen molar-refractivity contribution in [2.24, 2.45) is 0 Å². The molecule has 1 aromatic carbocycles. The number of carbonyl (C=O) groups excluding carboxylic acids is 1. The highest BCUT2D eigenvalue weighted by atomic mass is 32.2. The molecule has 2 heterocycles. The molecule has 1 aliphatic heterocycles. The monoisotopic (exact) mass is 321 g/mol. The maximum atomic E-state index is 11.8. The van der Waals surface area contributed by atoms with Crippen molar-refractivity contribution in [3.05, 3.63) is 51.9 Å². The van der Waals surface area contributed by atoms with Crippen LogP contribution in [0, 0.1) is 0 Å². The average molecular weight is 321 g/mol. The molecular formula is C15H15NO5S. The highest BCUT2D eigenvalue weighted by Crippen LogP contribution is 2.40. The molecule has 0 fully saturated rings. The molecule has 0 saturated heterocycles. The van der Waals surface area contributed by atoms with Crippen molar-refractivity contribution in [1.82, 2.24) is 0 Å². The number of fused-ring (bicyclic) bond motifs is 3. The summed E-state index contributed by atoms with van der Waals surface area (Å²) in [6.07, 6.45) is 0. The molecule has 6 nitrogen and oxygen atoms in total. The van der Waals surface area contributed by atoms with Gasteiger partial charge in [-0.3, -0.25) is 4.79 Å². The zero-order chi connectivity index (χ0) is 16.1. The minimum absolute atomic E-state index is 0.208. The lowest BCUT2D eigenvalue weighted by molar-refractivity contribution is -0.372. The second-order valence-electron chi connectivity index (χ2n) is 4.43. The minimum atomic E-state index is -1.48. The standard InChI is InChI=1S/C13H8O4S.C2H7NO/c14-9-5-10(13(15)16)17-12-7-3-1-2-4-11(7)18-6-8(9)12;3-1-2-4/h1-5H,6H2,(H,15,16);4H,1-3H2. The fourth-order valence-electron chi connectivity index (χ4n) is 1.90. The molecule has 0 aliphatic carbocycles. The number of hydrogen-bond acceptors (Lipinski definition) is 6. The molecule has 7 heteroatoms. The Morgan fingerprint density at radius 3 is 2.73 bits per heavy atom. The Morgan fingerprint density at radius 1 is 1.41 bits per heavy atom. The van der Waals surface area contributed by atoms with E-state index in [9.17, 15) is 14.7 Å². The van der Waals surface area contributed by atoms with Crippen molar-refractivity contribution in [3.8, 4) is 11.3 Å². The predicted octanol–water partition coefficient (Wildman–Crippen LogP) is -0.503. The number of aliphatic hydroxyl groups excluding tert-OH is 1. The molecule has 0 radical (unpaired) electrons. The lowest BCUT2D eigenvalue weighted by Crippen LogP contribution is -2.51. The van der Waals surface area contributed by atoms with Gasteiger partial charge in [0.1, 0.15) is 11.7 Å². The topological polar surface area (TPSA) is 118 Å². The molecule has 0 spiro atoms. The van der Waals surface area contributed by atoms with Crippen molar-refractivity contribution in [2.75, 3.05) is 13.2 Å². The van der Waals surface area contributed by atoms with Gasteiger partial charge in [-0.15, -0.1) is 11.8 Å². The van der Waals surface area contributed by atoms with Crippen LogP contribution < -0.4 is 16.3 Å². The van der Waals surface area contributed by atoms with E-state index in [1.54, 1.807) is 0 Å². The predicted molar refractivity (Wildman–Crippen MR) is 79.1 cm³/mol. The number of carbonyl (C=O) groups is 1. The summed E-state index contributed by atoms with van der Waals surface area (Å²) in [7, 11) is 0. The molecule has 0 saturated carbocycles. The molecule has 3 rings (SSSR count). The summed E-state index contributed by atoms with van der Waals surface area (Å²) in [6.45, 7) is 0.833. The highest BCUT2D eigenvalue weighted by Gasteiger charge is 2.22. The van der Waals surface area contributed by atoms with Crippen LogP contribution in [0.25, 0.3) is 11.3 Å². The molecule has 2 aromatic rings. The van der Waals surface area contributed by atoms with Crippen LogP contribution in [0.5, 0.6) is 0 Å². The zero-order valence-electron chi connectivity index (χ0n) is 11.7. The number of quaternary nitrogens is 1. The Hall–Kier alpha value is -2.09. The number of carboxylic acids is 1. The summed E-state index contributed by atoms with van der Waals surface area (Å²) < 4.78 is 5.29. The summed E-state index contributed by atoms with van der Waals surface area (Å²) >= 11 is 1.54. The first kappa shape index (κ1) is 16.3. The van der Waals surface area contributed by atoms with Gasteiger partial charge in [-0.2, -0.15) is 0 Å². The number of aromatic carboxylic acids is 1. The molecule has 0 unspecified atom stereocenters. The molecule has 22 heavy (non-hydrogen) atoms. The maximum absolute atomic E-state index is 11.8. The molecular weight excluding hydrogens is 306 g/mol. The van der Waals surface area contributed by atoms with Crippen molar-refractivity contribution < 1.29 is 25.2 Å². The van der Waals surface area contributed by atoms with E-state index in [4.69, 9.17) is 9.52 Å². The number of hydrogen-bond donors (Lipinski definition) is 2. The number of rotatable bonds is 2. The van der Waals surface area contributed by atoms with E-state index < -0.39 is 11.7 Å². The Bertz CT molecular complexity index is 739. The highest BCUT2D eigenvalue weighted by molar-refractivity contribution is 7.98. The molecule has 0 atom stereocenters. The van der Waals surface area contributed by atoms with Crippen LogP contribution in [0.4, 0.5) is 0 Å². The fourth-order valence-corrected chi connectivity index (χ4v) is 2.97. The maximum Gasteiger partial charge on any atom is 0.190 e. The largest absolute Gasteiger partial charge is 0.542 e. The summed E-state index contributed by atoms with van der Waals surface area (Å²) in [5.41, 5.74) is 4.29. The first-order valence-corrected chi connectivity index (χ1v) is 7.57. The molecule has 1 aliphatic rings. The number of carboxylic acid groups (broad SMARTS) is 1. The van der Waals surface area contributed by atoms with E-state index in [1.807, 2.05) is 24.3 Å². The number of aliphatic hydroxyl groups is 1. The SMILES string of the molecule is O=C([O-])c1cc(=O)c2c(o1)-c1ccccc1SC2.[NH3+]CCO. The molecule has 4 N–H and O–H groups in total. The third kappa shape index (κ3) is 3.38. The van der Waals surface area contributed by atoms with Gasteiger partial charge < -0.3 is 25.2 Å². The summed E-state index contributed by atoms with van der Waals surface area (Å²) in [4.78, 5) is 23.6. The first-order valence-electron chi connectivity index (χ1n) is 6.59. The van der Waals surface area contributed by atoms with Crippen molar-refractivity contribution in [2.45, 2.75) is 10.6 Å². The summed E-state index contributed by atoms with van der Waals surface area (Å²) in [5.74, 6) is -1.08. The Labute approximate surface area is 130 Å². The second kappa shape index (κ2) is 7.26. The smallest absolute Gasteiger partial charge is 0.190 e. The summed E-state index contributed by atoms with van der Waals surface area (Å²) in [6, 6.07) is 8.40. The lowest BCUT2D eigenvalue weighted by Gasteiger charge is -2.18. The third-order valence-electron chi connectivity index (χ3n) is 2.91. The molecule has 0 amide bonds. The Kier molecular flexibility index (Phi) is 5.37. The van der Waals surface area contributed by atoms with Gasteiger partial charge >= 0.3 is 0 Å². The van der Waals surface area contributed by atoms with Gasteiger partial charge in [0.05, 0.1) is 18.7 Å². The molecule has 1 aromatic heterocycles. The van der Waals surface area contributed by atoms with Crippen LogP contribution in [0.2, 0.25) is 0 Å². The quantitative estimate of drug-likeness (QED) is 0.769. The van der Waals surface area contributed by atoms with Gasteiger partial charge in [0.15, 0.2) is 11.2 Å². The van der Waals surface area contributed by atoms with Gasteiger partial charge in [0, 0.05) is 22.3 Å². The normalized spacial score (nSPS) is 11.7. The van der Waals surface area contributed by atoms with Crippen LogP contribution in [0.1, 0.15) is 16.1 Å². The van der Waals surface area contributed by atoms with Crippen molar-refractivity contribution in [3.63, 3.8) is 0 Å². The lowest BCUT2D eigenvalue weighted by atomic mass is 10.1. The van der Waals surface area contributed by atoms with Crippen LogP contribution in [0.15, 0.2) is 44.4 Å². The Morgan fingerprint density at radius 2 is 2.09 bits per heavy atom. The van der Waals surface area contributed by atoms with Gasteiger partial charge in [-0.25, -0.2) is 0 Å². The molecule has 116 valence electrons. The van der Waals surface area contributed by atoms with E-state index >= 15 is 0 Å². The minimum Gasteiger partial charge on any atom is -0.542 e. The van der Waals surface area contributed by atoms with Gasteiger partial charge in [0.25, 0.3) is 0 Å². The Balaban J connectivity index is 0.000000396. The number of benzene rings is 1.